The third kappa shape index (κ3) is 2.74. The smallest absolute Gasteiger partial charge is 0.261 e. The molecule has 0 aliphatic rings. The van der Waals surface area contributed by atoms with E-state index in [-0.39, 0.29) is 15.7 Å². The average molecular weight is 356 g/mol. The average Bonchev–Trinajstić information content (AvgIpc) is 2.47. The molecule has 0 fully saturated rings. The number of benzene rings is 2. The van der Waals surface area contributed by atoms with E-state index in [9.17, 15) is 26.7 Å². The molecule has 0 saturated heterocycles. The van der Waals surface area contributed by atoms with Gasteiger partial charge in [-0.3, -0.25) is 4.79 Å². The van der Waals surface area contributed by atoms with E-state index in [1.54, 1.807) is 0 Å². The molecule has 116 valence electrons. The Morgan fingerprint density at radius 1 is 0.818 bits per heavy atom. The minimum absolute atomic E-state index is 0.0790. The maximum Gasteiger partial charge on any atom is 0.261 e. The number of anilines is 1. The molecule has 0 aliphatic heterocycles. The van der Waals surface area contributed by atoms with Crippen molar-refractivity contribution in [3.05, 3.63) is 62.9 Å². The normalized spacial score (nSPS) is 10.7. The van der Waals surface area contributed by atoms with Gasteiger partial charge in [-0.05, 0) is 12.1 Å². The minimum atomic E-state index is -2.36. The van der Waals surface area contributed by atoms with Crippen LogP contribution in [-0.4, -0.2) is 5.91 Å². The number of rotatable bonds is 2. The van der Waals surface area contributed by atoms with E-state index in [1.165, 1.54) is 18.2 Å². The van der Waals surface area contributed by atoms with Gasteiger partial charge < -0.3 is 5.32 Å². The maximum atomic E-state index is 13.5. The number of nitrogens with one attached hydrogen (secondary N) is 1. The highest BCUT2D eigenvalue weighted by atomic mass is 35.5. The van der Waals surface area contributed by atoms with Crippen molar-refractivity contribution in [2.24, 2.45) is 0 Å². The first kappa shape index (κ1) is 16.5. The molecule has 0 bridgehead atoms. The second-order valence-electron chi connectivity index (χ2n) is 4.00. The van der Waals surface area contributed by atoms with Crippen molar-refractivity contribution in [2.75, 3.05) is 5.32 Å². The Morgan fingerprint density at radius 2 is 1.23 bits per heavy atom. The number of carbonyl (C=O) groups is 1. The standard InChI is InChI=1S/C13H4Cl2F5NO/c14-4-2-1-3-5(15)12(4)21-13(22)6-7(16)9(18)11(20)10(19)8(6)17/h1-3H,(H,21,22). The first-order valence-electron chi connectivity index (χ1n) is 5.52. The predicted octanol–water partition coefficient (Wildman–Crippen LogP) is 4.94. The van der Waals surface area contributed by atoms with Crippen LogP contribution in [-0.2, 0) is 0 Å². The molecule has 22 heavy (non-hydrogen) atoms. The van der Waals surface area contributed by atoms with Gasteiger partial charge in [0.15, 0.2) is 23.3 Å². The second kappa shape index (κ2) is 6.10. The van der Waals surface area contributed by atoms with Crippen molar-refractivity contribution in [3.63, 3.8) is 0 Å². The molecule has 9 heteroatoms. The fourth-order valence-corrected chi connectivity index (χ4v) is 2.09. The van der Waals surface area contributed by atoms with Crippen LogP contribution in [0.1, 0.15) is 10.4 Å². The zero-order chi connectivity index (χ0) is 16.6. The summed E-state index contributed by atoms with van der Waals surface area (Å²) in [6, 6.07) is 4.04. The summed E-state index contributed by atoms with van der Waals surface area (Å²) >= 11 is 11.5. The number of halogens is 7. The summed E-state index contributed by atoms with van der Waals surface area (Å²) in [5, 5.41) is 1.75. The van der Waals surface area contributed by atoms with E-state index in [0.29, 0.717) is 0 Å². The Labute approximate surface area is 130 Å². The van der Waals surface area contributed by atoms with Crippen LogP contribution in [0.25, 0.3) is 0 Å². The summed E-state index contributed by atoms with van der Waals surface area (Å²) in [5.74, 6) is -12.9. The van der Waals surface area contributed by atoms with Crippen molar-refractivity contribution >= 4 is 34.8 Å². The summed E-state index contributed by atoms with van der Waals surface area (Å²) in [7, 11) is 0. The van der Waals surface area contributed by atoms with Gasteiger partial charge in [0.25, 0.3) is 5.91 Å². The molecule has 0 radical (unpaired) electrons. The minimum Gasteiger partial charge on any atom is -0.319 e. The number of para-hydroxylation sites is 1. The Kier molecular flexibility index (Phi) is 4.58. The molecule has 0 atom stereocenters. The van der Waals surface area contributed by atoms with Crippen LogP contribution in [0, 0.1) is 29.1 Å². The molecule has 0 aromatic heterocycles. The van der Waals surface area contributed by atoms with Gasteiger partial charge in [-0.2, -0.15) is 0 Å². The molecule has 2 nitrogen and oxygen atoms in total. The predicted molar refractivity (Wildman–Crippen MR) is 70.6 cm³/mol. The van der Waals surface area contributed by atoms with Crippen molar-refractivity contribution in [1.82, 2.24) is 0 Å². The van der Waals surface area contributed by atoms with E-state index in [0.717, 1.165) is 0 Å². The van der Waals surface area contributed by atoms with Crippen LogP contribution in [0.3, 0.4) is 0 Å². The molecule has 0 saturated carbocycles. The first-order chi connectivity index (χ1) is 10.3. The van der Waals surface area contributed by atoms with Crippen molar-refractivity contribution < 1.29 is 26.7 Å². The van der Waals surface area contributed by atoms with Gasteiger partial charge in [0.1, 0.15) is 5.56 Å². The Balaban J connectivity index is 2.52. The van der Waals surface area contributed by atoms with Gasteiger partial charge in [0, 0.05) is 0 Å². The van der Waals surface area contributed by atoms with Gasteiger partial charge in [-0.15, -0.1) is 0 Å². The monoisotopic (exact) mass is 355 g/mol. The quantitative estimate of drug-likeness (QED) is 0.461. The van der Waals surface area contributed by atoms with Crippen molar-refractivity contribution in [1.29, 1.82) is 0 Å². The Morgan fingerprint density at radius 3 is 1.68 bits per heavy atom. The van der Waals surface area contributed by atoms with Crippen LogP contribution in [0.2, 0.25) is 10.0 Å². The van der Waals surface area contributed by atoms with Gasteiger partial charge in [0.05, 0.1) is 15.7 Å². The number of carbonyl (C=O) groups excluding carboxylic acids is 1. The molecule has 1 N–H and O–H groups in total. The van der Waals surface area contributed by atoms with Crippen LogP contribution >= 0.6 is 23.2 Å². The van der Waals surface area contributed by atoms with E-state index in [1.807, 2.05) is 5.32 Å². The highest BCUT2D eigenvalue weighted by Crippen LogP contribution is 2.31. The molecule has 0 aliphatic carbocycles. The molecule has 2 aromatic carbocycles. The fourth-order valence-electron chi connectivity index (χ4n) is 1.60. The van der Waals surface area contributed by atoms with E-state index in [2.05, 4.69) is 0 Å². The number of hydrogen-bond donors (Lipinski definition) is 1. The largest absolute Gasteiger partial charge is 0.319 e. The molecule has 0 unspecified atom stereocenters. The molecule has 2 rings (SSSR count). The van der Waals surface area contributed by atoms with Crippen molar-refractivity contribution in [2.45, 2.75) is 0 Å². The lowest BCUT2D eigenvalue weighted by Gasteiger charge is -2.11. The molecule has 2 aromatic rings. The van der Waals surface area contributed by atoms with Gasteiger partial charge in [-0.1, -0.05) is 29.3 Å². The van der Waals surface area contributed by atoms with Crippen LogP contribution in [0.5, 0.6) is 0 Å². The van der Waals surface area contributed by atoms with Crippen molar-refractivity contribution in [3.8, 4) is 0 Å². The summed E-state index contributed by atoms with van der Waals surface area (Å²) in [5.41, 5.74) is -1.85. The van der Waals surface area contributed by atoms with E-state index in [4.69, 9.17) is 23.2 Å². The molecule has 0 spiro atoms. The van der Waals surface area contributed by atoms with Crippen LogP contribution in [0.15, 0.2) is 18.2 Å². The number of hydrogen-bond acceptors (Lipinski definition) is 1. The van der Waals surface area contributed by atoms with Crippen LogP contribution < -0.4 is 5.32 Å². The highest BCUT2D eigenvalue weighted by molar-refractivity contribution is 6.40. The maximum absolute atomic E-state index is 13.5. The molecule has 1 amide bonds. The SMILES string of the molecule is O=C(Nc1c(Cl)cccc1Cl)c1c(F)c(F)c(F)c(F)c1F. The summed E-state index contributed by atoms with van der Waals surface area (Å²) in [6.07, 6.45) is 0. The third-order valence-corrected chi connectivity index (χ3v) is 3.27. The Bertz CT molecular complexity index is 732. The van der Waals surface area contributed by atoms with Gasteiger partial charge >= 0.3 is 0 Å². The molecular formula is C13H4Cl2F5NO. The summed E-state index contributed by atoms with van der Waals surface area (Å²) in [6.45, 7) is 0. The van der Waals surface area contributed by atoms with Crippen LogP contribution in [0.4, 0.5) is 27.6 Å². The van der Waals surface area contributed by atoms with Gasteiger partial charge in [-0.25, -0.2) is 22.0 Å². The Hall–Kier alpha value is -1.86. The first-order valence-corrected chi connectivity index (χ1v) is 6.28. The summed E-state index contributed by atoms with van der Waals surface area (Å²) < 4.78 is 66.1. The lowest BCUT2D eigenvalue weighted by atomic mass is 10.1. The molecular weight excluding hydrogens is 352 g/mol. The van der Waals surface area contributed by atoms with E-state index < -0.39 is 40.6 Å². The highest BCUT2D eigenvalue weighted by Gasteiger charge is 2.30. The zero-order valence-electron chi connectivity index (χ0n) is 10.3. The number of amides is 1. The fraction of sp³-hybridized carbons (Fsp3) is 0. The topological polar surface area (TPSA) is 29.1 Å². The lowest BCUT2D eigenvalue weighted by Crippen LogP contribution is -2.19. The second-order valence-corrected chi connectivity index (χ2v) is 4.81. The molecule has 0 heterocycles. The summed E-state index contributed by atoms with van der Waals surface area (Å²) in [4.78, 5) is 11.8. The van der Waals surface area contributed by atoms with E-state index >= 15 is 0 Å². The van der Waals surface area contributed by atoms with Gasteiger partial charge in [0.2, 0.25) is 5.82 Å². The third-order valence-electron chi connectivity index (χ3n) is 2.64. The lowest BCUT2D eigenvalue weighted by molar-refractivity contribution is 0.101. The zero-order valence-corrected chi connectivity index (χ0v) is 11.8.